The van der Waals surface area contributed by atoms with Gasteiger partial charge in [-0.15, -0.1) is 0 Å². The van der Waals surface area contributed by atoms with Crippen molar-refractivity contribution in [2.45, 2.75) is 0 Å². The summed E-state index contributed by atoms with van der Waals surface area (Å²) in [7, 11) is 1.43. The molecule has 134 valence electrons. The van der Waals surface area contributed by atoms with Gasteiger partial charge in [0.1, 0.15) is 13.6 Å². The van der Waals surface area contributed by atoms with E-state index in [2.05, 4.69) is 14.2 Å². The maximum atomic E-state index is 11.2. The third-order valence-corrected chi connectivity index (χ3v) is 2.21. The molecule has 2 rings (SSSR count). The van der Waals surface area contributed by atoms with Crippen LogP contribution in [0.3, 0.4) is 0 Å². The van der Waals surface area contributed by atoms with E-state index in [1.54, 1.807) is 0 Å². The topological polar surface area (TPSA) is 160 Å². The van der Waals surface area contributed by atoms with Crippen LogP contribution in [0, 0.1) is 0 Å². The zero-order valence-corrected chi connectivity index (χ0v) is 18.9. The molecule has 1 aromatic carbocycles. The molecule has 25 heavy (non-hydrogen) atoms. The molecule has 4 N–H and O–H groups in total. The minimum atomic E-state index is -0.793. The molecule has 10 nitrogen and oxygen atoms in total. The third-order valence-electron chi connectivity index (χ3n) is 2.21. The van der Waals surface area contributed by atoms with Gasteiger partial charge in [-0.1, -0.05) is 0 Å². The van der Waals surface area contributed by atoms with Gasteiger partial charge in [0.2, 0.25) is 0 Å². The molecule has 0 atom stereocenters. The number of fused-ring (bicyclic) bond motifs is 1. The molecule has 0 saturated carbocycles. The van der Waals surface area contributed by atoms with E-state index in [0.29, 0.717) is 0 Å². The van der Waals surface area contributed by atoms with Crippen LogP contribution in [0.25, 0.3) is 0 Å². The Labute approximate surface area is 193 Å². The van der Waals surface area contributed by atoms with E-state index in [1.807, 2.05) is 0 Å². The van der Waals surface area contributed by atoms with Gasteiger partial charge in [0.15, 0.2) is 6.79 Å². The molecule has 1 aliphatic heterocycles. The van der Waals surface area contributed by atoms with Gasteiger partial charge in [-0.2, -0.15) is 0 Å². The minimum Gasteiger partial charge on any atom is -0.435 e. The summed E-state index contributed by atoms with van der Waals surface area (Å²) in [6.45, 7) is -1.68. The Morgan fingerprint density at radius 2 is 1.48 bits per heavy atom. The number of ether oxygens (including phenoxy) is 3. The number of methoxy groups -OCH3 is 1. The minimum absolute atomic E-state index is 0. The van der Waals surface area contributed by atoms with E-state index in [1.165, 1.54) is 25.3 Å². The number of carbonyl (C=O) groups is 3. The molecule has 1 heterocycles. The first kappa shape index (κ1) is 29.6. The van der Waals surface area contributed by atoms with Crippen molar-refractivity contribution < 1.29 is 114 Å². The number of esters is 3. The maximum Gasteiger partial charge on any atom is 0.346 e. The number of rotatable bonds is 3. The van der Waals surface area contributed by atoms with E-state index in [-0.39, 0.29) is 88.9 Å². The molecule has 0 spiro atoms. The third kappa shape index (κ3) is 10.5. The summed E-state index contributed by atoms with van der Waals surface area (Å²) in [5.41, 5.74) is 0.211. The Morgan fingerprint density at radius 3 is 1.92 bits per heavy atom. The molecule has 0 aliphatic carbocycles. The van der Waals surface area contributed by atoms with E-state index >= 15 is 0 Å². The molecule has 0 fully saturated rings. The van der Waals surface area contributed by atoms with E-state index < -0.39 is 31.5 Å². The Bertz CT molecular complexity index is 548. The first-order chi connectivity index (χ1) is 11.0. The number of aliphatic hydroxyl groups is 4. The first-order valence-corrected chi connectivity index (χ1v) is 5.96. The SMILES string of the molecule is COCO.O=C(OCO)c1ccc2c(c1)C(=O)OC2=O.OCO.[Y].[Y]. The van der Waals surface area contributed by atoms with Gasteiger partial charge >= 0.3 is 17.9 Å². The fourth-order valence-corrected chi connectivity index (χ4v) is 1.35. The summed E-state index contributed by atoms with van der Waals surface area (Å²) in [6, 6.07) is 3.81. The van der Waals surface area contributed by atoms with Crippen LogP contribution < -0.4 is 0 Å². The molecule has 0 amide bonds. The molecular weight excluding hydrogens is 494 g/mol. The Kier molecular flexibility index (Phi) is 20.4. The molecule has 0 bridgehead atoms. The monoisotopic (exact) mass is 510 g/mol. The molecule has 12 heteroatoms. The van der Waals surface area contributed by atoms with Crippen molar-refractivity contribution in [3.8, 4) is 0 Å². The summed E-state index contributed by atoms with van der Waals surface area (Å²) < 4.78 is 12.8. The van der Waals surface area contributed by atoms with Crippen LogP contribution in [0.2, 0.25) is 0 Å². The van der Waals surface area contributed by atoms with E-state index in [4.69, 9.17) is 20.4 Å². The summed E-state index contributed by atoms with van der Waals surface area (Å²) in [5, 5.41) is 30.3. The van der Waals surface area contributed by atoms with Gasteiger partial charge < -0.3 is 34.6 Å². The van der Waals surface area contributed by atoms with Crippen LogP contribution >= 0.6 is 0 Å². The zero-order valence-electron chi connectivity index (χ0n) is 13.2. The van der Waals surface area contributed by atoms with Crippen molar-refractivity contribution in [3.63, 3.8) is 0 Å². The second-order valence-electron chi connectivity index (χ2n) is 3.56. The fourth-order valence-electron chi connectivity index (χ4n) is 1.35. The molecule has 0 unspecified atom stereocenters. The number of benzene rings is 1. The molecule has 1 aromatic rings. The number of cyclic esters (lactones) is 2. The fraction of sp³-hybridized carbons (Fsp3) is 0.308. The van der Waals surface area contributed by atoms with Crippen molar-refractivity contribution >= 4 is 17.9 Å². The Hall–Kier alpha value is -0.162. The molecule has 2 radical (unpaired) electrons. The number of carbonyl (C=O) groups excluding carboxylic acids is 3. The summed E-state index contributed by atoms with van der Waals surface area (Å²) in [5.74, 6) is -2.31. The van der Waals surface area contributed by atoms with Gasteiger partial charge in [0, 0.05) is 72.5 Å². The van der Waals surface area contributed by atoms with Gasteiger partial charge in [-0.25, -0.2) is 14.4 Å². The summed E-state index contributed by atoms with van der Waals surface area (Å²) in [6.07, 6.45) is 0. The standard InChI is InChI=1S/C10H6O6.C2H6O2.CH4O2.2Y/c11-4-15-8(12)5-1-2-6-7(3-5)10(14)16-9(6)13;1-4-2-3;2-1-3;;/h1-3,11H,4H2;3H,2H2,1H3;2-3H,1H2;;. The van der Waals surface area contributed by atoms with Crippen molar-refractivity contribution in [2.75, 3.05) is 27.5 Å². The van der Waals surface area contributed by atoms with Crippen LogP contribution in [0.4, 0.5) is 0 Å². The van der Waals surface area contributed by atoms with Gasteiger partial charge in [-0.05, 0) is 18.2 Å². The Morgan fingerprint density at radius 1 is 1.00 bits per heavy atom. The van der Waals surface area contributed by atoms with Crippen LogP contribution in [0.5, 0.6) is 0 Å². The molecule has 0 saturated heterocycles. The second kappa shape index (κ2) is 17.3. The first-order valence-electron chi connectivity index (χ1n) is 5.96. The van der Waals surface area contributed by atoms with Crippen LogP contribution in [-0.4, -0.2) is 65.8 Å². The maximum absolute atomic E-state index is 11.2. The van der Waals surface area contributed by atoms with Crippen molar-refractivity contribution in [1.29, 1.82) is 0 Å². The predicted molar refractivity (Wildman–Crippen MR) is 72.1 cm³/mol. The second-order valence-corrected chi connectivity index (χ2v) is 3.56. The predicted octanol–water partition coefficient (Wildman–Crippen LogP) is -1.39. The van der Waals surface area contributed by atoms with Gasteiger partial charge in [-0.3, -0.25) is 0 Å². The number of hydrogen-bond donors (Lipinski definition) is 4. The van der Waals surface area contributed by atoms with Crippen molar-refractivity contribution in [2.24, 2.45) is 0 Å². The summed E-state index contributed by atoms with van der Waals surface area (Å²) >= 11 is 0. The van der Waals surface area contributed by atoms with E-state index in [0.717, 1.165) is 0 Å². The summed E-state index contributed by atoms with van der Waals surface area (Å²) in [4.78, 5) is 33.5. The number of hydrogen-bond acceptors (Lipinski definition) is 10. The quantitative estimate of drug-likeness (QED) is 0.217. The van der Waals surface area contributed by atoms with Crippen molar-refractivity contribution in [3.05, 3.63) is 34.9 Å². The zero-order chi connectivity index (χ0) is 17.8. The van der Waals surface area contributed by atoms with Crippen LogP contribution in [0.15, 0.2) is 18.2 Å². The molecular formula is C13H16O10Y2. The number of aliphatic hydroxyl groups excluding tert-OH is 3. The Balaban J connectivity index is -0.000000467. The molecule has 1 aliphatic rings. The van der Waals surface area contributed by atoms with Gasteiger partial charge in [0.25, 0.3) is 0 Å². The smallest absolute Gasteiger partial charge is 0.346 e. The van der Waals surface area contributed by atoms with Crippen LogP contribution in [-0.2, 0) is 79.6 Å². The van der Waals surface area contributed by atoms with Crippen molar-refractivity contribution in [1.82, 2.24) is 0 Å². The normalized spacial score (nSPS) is 10.4. The average Bonchev–Trinajstić information content (AvgIpc) is 2.83. The van der Waals surface area contributed by atoms with Crippen LogP contribution in [0.1, 0.15) is 31.1 Å². The van der Waals surface area contributed by atoms with E-state index in [9.17, 15) is 14.4 Å². The van der Waals surface area contributed by atoms with Gasteiger partial charge in [0.05, 0.1) is 16.7 Å². The largest absolute Gasteiger partial charge is 0.435 e. The average molecular weight is 510 g/mol. The molecule has 0 aromatic heterocycles.